The van der Waals surface area contributed by atoms with Gasteiger partial charge in [-0.25, -0.2) is 0 Å². The zero-order chi connectivity index (χ0) is 15.5. The number of benzene rings is 1. The van der Waals surface area contributed by atoms with Crippen LogP contribution in [0.3, 0.4) is 0 Å². The molecule has 0 spiro atoms. The molecule has 0 aliphatic carbocycles. The van der Waals surface area contributed by atoms with Crippen LogP contribution in [0.25, 0.3) is 0 Å². The molecule has 20 heavy (non-hydrogen) atoms. The molecule has 0 aromatic heterocycles. The lowest BCUT2D eigenvalue weighted by atomic mass is 9.87. The molecule has 0 radical (unpaired) electrons. The fourth-order valence-corrected chi connectivity index (χ4v) is 2.03. The van der Waals surface area contributed by atoms with E-state index >= 15 is 0 Å². The maximum atomic E-state index is 11.0. The number of nitrogens with two attached hydrogens (primary N) is 1. The van der Waals surface area contributed by atoms with Crippen molar-refractivity contribution in [3.05, 3.63) is 33.9 Å². The van der Waals surface area contributed by atoms with Crippen LogP contribution in [0.5, 0.6) is 0 Å². The molecule has 1 aromatic carbocycles. The second-order valence-corrected chi connectivity index (χ2v) is 6.21. The van der Waals surface area contributed by atoms with Crippen molar-refractivity contribution < 1.29 is 4.92 Å². The Hall–Kier alpha value is -1.66. The second kappa shape index (κ2) is 6.19. The van der Waals surface area contributed by atoms with E-state index in [-0.39, 0.29) is 11.1 Å². The van der Waals surface area contributed by atoms with Crippen LogP contribution in [0.4, 0.5) is 11.4 Å². The summed E-state index contributed by atoms with van der Waals surface area (Å²) >= 11 is 0. The van der Waals surface area contributed by atoms with E-state index in [0.29, 0.717) is 18.3 Å². The maximum Gasteiger partial charge on any atom is 0.293 e. The number of nitro benzene ring substituents is 1. The molecule has 0 fully saturated rings. The van der Waals surface area contributed by atoms with Gasteiger partial charge in [0.05, 0.1) is 4.92 Å². The van der Waals surface area contributed by atoms with Gasteiger partial charge in [0.15, 0.2) is 0 Å². The van der Waals surface area contributed by atoms with E-state index in [9.17, 15) is 10.1 Å². The molecule has 0 aliphatic rings. The molecule has 3 N–H and O–H groups in total. The third-order valence-electron chi connectivity index (χ3n) is 3.76. The summed E-state index contributed by atoms with van der Waals surface area (Å²) in [6, 6.07) is 5.42. The van der Waals surface area contributed by atoms with Gasteiger partial charge in [-0.1, -0.05) is 26.8 Å². The molecular weight excluding hydrogens is 256 g/mol. The number of nitrogens with one attached hydrogen (secondary N) is 1. The van der Waals surface area contributed by atoms with E-state index in [1.54, 1.807) is 12.1 Å². The van der Waals surface area contributed by atoms with Crippen LogP contribution in [0.2, 0.25) is 0 Å². The largest absolute Gasteiger partial charge is 0.318 e. The minimum Gasteiger partial charge on any atom is -0.318 e. The quantitative estimate of drug-likeness (QED) is 0.492. The van der Waals surface area contributed by atoms with Crippen molar-refractivity contribution in [2.75, 3.05) is 12.5 Å². The van der Waals surface area contributed by atoms with Crippen LogP contribution >= 0.6 is 0 Å². The lowest BCUT2D eigenvalue weighted by Gasteiger charge is -2.35. The van der Waals surface area contributed by atoms with Crippen LogP contribution in [0.1, 0.15) is 33.3 Å². The first-order valence-electron chi connectivity index (χ1n) is 6.61. The lowest BCUT2D eigenvalue weighted by molar-refractivity contribution is -0.384. The molecule has 0 aliphatic heterocycles. The summed E-state index contributed by atoms with van der Waals surface area (Å²) in [6.45, 7) is 9.35. The Balaban J connectivity index is 2.94. The van der Waals surface area contributed by atoms with Gasteiger partial charge in [-0.15, -0.1) is 0 Å². The molecular formula is C14H24N4O2. The smallest absolute Gasteiger partial charge is 0.293 e. The third-order valence-corrected chi connectivity index (χ3v) is 3.76. The van der Waals surface area contributed by atoms with E-state index in [1.807, 2.05) is 13.1 Å². The van der Waals surface area contributed by atoms with Crippen LogP contribution in [0.15, 0.2) is 18.2 Å². The minimum absolute atomic E-state index is 0.00168. The van der Waals surface area contributed by atoms with Crippen molar-refractivity contribution in [1.82, 2.24) is 4.90 Å². The molecule has 1 rings (SSSR count). The molecule has 0 saturated carbocycles. The lowest BCUT2D eigenvalue weighted by Crippen LogP contribution is -2.38. The van der Waals surface area contributed by atoms with Crippen molar-refractivity contribution in [2.45, 2.75) is 40.3 Å². The molecule has 1 unspecified atom stereocenters. The molecule has 0 heterocycles. The van der Waals surface area contributed by atoms with Crippen LogP contribution < -0.4 is 11.3 Å². The normalized spacial score (nSPS) is 13.3. The SMILES string of the molecule is CC(N(C)Cc1ccc(NN)c([N+](=O)[O-])c1)C(C)(C)C. The highest BCUT2D eigenvalue weighted by atomic mass is 16.6. The molecule has 6 nitrogen and oxygen atoms in total. The fourth-order valence-electron chi connectivity index (χ4n) is 2.03. The number of rotatable bonds is 5. The zero-order valence-corrected chi connectivity index (χ0v) is 12.8. The molecule has 1 atom stereocenters. The number of nitro groups is 1. The first kappa shape index (κ1) is 16.4. The summed E-state index contributed by atoms with van der Waals surface area (Å²) < 4.78 is 0. The average molecular weight is 280 g/mol. The predicted molar refractivity (Wildman–Crippen MR) is 81.3 cm³/mol. The Morgan fingerprint density at radius 3 is 2.50 bits per heavy atom. The van der Waals surface area contributed by atoms with E-state index in [2.05, 4.69) is 38.0 Å². The monoisotopic (exact) mass is 280 g/mol. The molecule has 0 saturated heterocycles. The van der Waals surface area contributed by atoms with E-state index < -0.39 is 4.92 Å². The average Bonchev–Trinajstić information content (AvgIpc) is 2.36. The molecule has 1 aromatic rings. The van der Waals surface area contributed by atoms with Crippen molar-refractivity contribution in [1.29, 1.82) is 0 Å². The summed E-state index contributed by atoms with van der Waals surface area (Å²) in [5.74, 6) is 5.28. The van der Waals surface area contributed by atoms with Gasteiger partial charge in [0, 0.05) is 18.7 Å². The van der Waals surface area contributed by atoms with Gasteiger partial charge in [-0.05, 0) is 31.0 Å². The molecule has 6 heteroatoms. The standard InChI is InChI=1S/C14H24N4O2/c1-10(14(2,3)4)17(5)9-11-6-7-12(16-15)13(8-11)18(19)20/h6-8,10,16H,9,15H2,1-5H3. The summed E-state index contributed by atoms with van der Waals surface area (Å²) in [5, 5.41) is 11.0. The summed E-state index contributed by atoms with van der Waals surface area (Å²) in [5.41, 5.74) is 3.72. The first-order chi connectivity index (χ1) is 9.16. The molecule has 0 bridgehead atoms. The Labute approximate surface area is 120 Å². The predicted octanol–water partition coefficient (Wildman–Crippen LogP) is 2.75. The van der Waals surface area contributed by atoms with Gasteiger partial charge >= 0.3 is 0 Å². The van der Waals surface area contributed by atoms with E-state index in [4.69, 9.17) is 5.84 Å². The maximum absolute atomic E-state index is 11.0. The second-order valence-electron chi connectivity index (χ2n) is 6.21. The highest BCUT2D eigenvalue weighted by Gasteiger charge is 2.24. The number of hydrazine groups is 1. The van der Waals surface area contributed by atoms with Crippen LogP contribution in [-0.4, -0.2) is 22.9 Å². The van der Waals surface area contributed by atoms with Crippen molar-refractivity contribution in [3.8, 4) is 0 Å². The Bertz CT molecular complexity index is 483. The number of anilines is 1. The Morgan fingerprint density at radius 2 is 2.05 bits per heavy atom. The van der Waals surface area contributed by atoms with Gasteiger partial charge in [0.2, 0.25) is 0 Å². The summed E-state index contributed by atoms with van der Waals surface area (Å²) in [6.07, 6.45) is 0. The summed E-state index contributed by atoms with van der Waals surface area (Å²) in [7, 11) is 2.02. The Kier molecular flexibility index (Phi) is 5.08. The Morgan fingerprint density at radius 1 is 1.45 bits per heavy atom. The summed E-state index contributed by atoms with van der Waals surface area (Å²) in [4.78, 5) is 12.8. The first-order valence-corrected chi connectivity index (χ1v) is 6.61. The minimum atomic E-state index is -0.425. The van der Waals surface area contributed by atoms with Crippen molar-refractivity contribution in [3.63, 3.8) is 0 Å². The van der Waals surface area contributed by atoms with Crippen molar-refractivity contribution >= 4 is 11.4 Å². The number of hydrogen-bond acceptors (Lipinski definition) is 5. The van der Waals surface area contributed by atoms with Gasteiger partial charge in [0.25, 0.3) is 5.69 Å². The highest BCUT2D eigenvalue weighted by molar-refractivity contribution is 5.61. The van der Waals surface area contributed by atoms with Gasteiger partial charge in [-0.3, -0.25) is 20.9 Å². The number of hydrogen-bond donors (Lipinski definition) is 2. The molecule has 112 valence electrons. The van der Waals surface area contributed by atoms with E-state index in [1.165, 1.54) is 0 Å². The highest BCUT2D eigenvalue weighted by Crippen LogP contribution is 2.27. The number of nitrogen functional groups attached to an aromatic ring is 1. The van der Waals surface area contributed by atoms with Crippen LogP contribution in [0, 0.1) is 15.5 Å². The van der Waals surface area contributed by atoms with Crippen molar-refractivity contribution in [2.24, 2.45) is 11.3 Å². The van der Waals surface area contributed by atoms with E-state index in [0.717, 1.165) is 5.56 Å². The van der Waals surface area contributed by atoms with Gasteiger partial charge < -0.3 is 5.43 Å². The van der Waals surface area contributed by atoms with Crippen LogP contribution in [-0.2, 0) is 6.54 Å². The van der Waals surface area contributed by atoms with Gasteiger partial charge in [-0.2, -0.15) is 0 Å². The number of nitrogens with zero attached hydrogens (tertiary/aromatic N) is 2. The third kappa shape index (κ3) is 3.91. The zero-order valence-electron chi connectivity index (χ0n) is 12.8. The fraction of sp³-hybridized carbons (Fsp3) is 0.571. The molecule has 0 amide bonds. The topological polar surface area (TPSA) is 84.4 Å². The van der Waals surface area contributed by atoms with Gasteiger partial charge in [0.1, 0.15) is 5.69 Å².